The summed E-state index contributed by atoms with van der Waals surface area (Å²) >= 11 is 0. The Balaban J connectivity index is 2.63. The molecule has 0 amide bonds. The Morgan fingerprint density at radius 2 is 1.27 bits per heavy atom. The SMILES string of the molecule is CC1OC(C)C(C)C(O)C1C. The third kappa shape index (κ3) is 1.57. The van der Waals surface area contributed by atoms with E-state index in [2.05, 4.69) is 0 Å². The lowest BCUT2D eigenvalue weighted by Gasteiger charge is -2.40. The minimum Gasteiger partial charge on any atom is -0.392 e. The largest absolute Gasteiger partial charge is 0.392 e. The van der Waals surface area contributed by atoms with Gasteiger partial charge in [0.1, 0.15) is 0 Å². The van der Waals surface area contributed by atoms with E-state index in [0.717, 1.165) is 0 Å². The molecule has 2 nitrogen and oxygen atoms in total. The quantitative estimate of drug-likeness (QED) is 0.578. The van der Waals surface area contributed by atoms with Crippen molar-refractivity contribution in [3.8, 4) is 0 Å². The average Bonchev–Trinajstić information content (AvgIpc) is 1.97. The molecular formula is C9H18O2. The number of ether oxygens (including phenoxy) is 1. The van der Waals surface area contributed by atoms with Gasteiger partial charge in [-0.05, 0) is 13.8 Å². The van der Waals surface area contributed by atoms with Gasteiger partial charge in [-0.2, -0.15) is 0 Å². The smallest absolute Gasteiger partial charge is 0.0640 e. The Labute approximate surface area is 68.6 Å². The van der Waals surface area contributed by atoms with E-state index in [4.69, 9.17) is 4.74 Å². The molecule has 1 rings (SSSR count). The Kier molecular flexibility index (Phi) is 2.55. The zero-order valence-corrected chi connectivity index (χ0v) is 7.74. The van der Waals surface area contributed by atoms with E-state index in [1.54, 1.807) is 0 Å². The predicted octanol–water partition coefficient (Wildman–Crippen LogP) is 1.43. The van der Waals surface area contributed by atoms with Crippen LogP contribution in [0.2, 0.25) is 0 Å². The minimum atomic E-state index is -0.200. The molecule has 11 heavy (non-hydrogen) atoms. The highest BCUT2D eigenvalue weighted by Gasteiger charge is 2.35. The molecule has 0 aliphatic carbocycles. The standard InChI is InChI=1S/C9H18O2/c1-5-7(3)11-8(4)6(2)9(5)10/h5-10H,1-4H3. The van der Waals surface area contributed by atoms with Crippen molar-refractivity contribution in [3.05, 3.63) is 0 Å². The molecule has 4 atom stereocenters. The van der Waals surface area contributed by atoms with Gasteiger partial charge in [-0.25, -0.2) is 0 Å². The second-order valence-electron chi connectivity index (χ2n) is 3.76. The van der Waals surface area contributed by atoms with Gasteiger partial charge >= 0.3 is 0 Å². The first kappa shape index (κ1) is 9.01. The topological polar surface area (TPSA) is 29.5 Å². The molecule has 0 aromatic carbocycles. The highest BCUT2D eigenvalue weighted by molar-refractivity contribution is 4.83. The average molecular weight is 158 g/mol. The van der Waals surface area contributed by atoms with Crippen LogP contribution in [0.3, 0.4) is 0 Å². The van der Waals surface area contributed by atoms with E-state index < -0.39 is 0 Å². The molecule has 0 spiro atoms. The van der Waals surface area contributed by atoms with Crippen molar-refractivity contribution >= 4 is 0 Å². The molecule has 1 aliphatic heterocycles. The summed E-state index contributed by atoms with van der Waals surface area (Å²) in [5, 5.41) is 9.71. The second-order valence-corrected chi connectivity index (χ2v) is 3.76. The molecule has 1 saturated heterocycles. The number of aliphatic hydroxyl groups is 1. The molecule has 4 unspecified atom stereocenters. The van der Waals surface area contributed by atoms with Crippen molar-refractivity contribution in [2.45, 2.75) is 46.0 Å². The first-order valence-corrected chi connectivity index (χ1v) is 4.37. The zero-order valence-electron chi connectivity index (χ0n) is 7.74. The zero-order chi connectivity index (χ0) is 8.59. The normalized spacial score (nSPS) is 52.6. The summed E-state index contributed by atoms with van der Waals surface area (Å²) in [6, 6.07) is 0. The maximum Gasteiger partial charge on any atom is 0.0640 e. The monoisotopic (exact) mass is 158 g/mol. The van der Waals surface area contributed by atoms with Gasteiger partial charge in [0, 0.05) is 11.8 Å². The first-order valence-electron chi connectivity index (χ1n) is 4.37. The highest BCUT2D eigenvalue weighted by Crippen LogP contribution is 2.29. The molecule has 1 N–H and O–H groups in total. The first-order chi connectivity index (χ1) is 5.04. The maximum absolute atomic E-state index is 9.71. The Hall–Kier alpha value is -0.0800. The molecule has 2 heteroatoms. The number of aliphatic hydroxyl groups excluding tert-OH is 1. The van der Waals surface area contributed by atoms with Crippen LogP contribution >= 0.6 is 0 Å². The van der Waals surface area contributed by atoms with Crippen LogP contribution in [0.15, 0.2) is 0 Å². The molecule has 1 aliphatic rings. The van der Waals surface area contributed by atoms with Crippen molar-refractivity contribution in [1.29, 1.82) is 0 Å². The molecular weight excluding hydrogens is 140 g/mol. The number of hydrogen-bond acceptors (Lipinski definition) is 2. The van der Waals surface area contributed by atoms with Crippen molar-refractivity contribution < 1.29 is 9.84 Å². The van der Waals surface area contributed by atoms with E-state index >= 15 is 0 Å². The van der Waals surface area contributed by atoms with Crippen LogP contribution in [0.25, 0.3) is 0 Å². The van der Waals surface area contributed by atoms with Crippen LogP contribution in [0.1, 0.15) is 27.7 Å². The van der Waals surface area contributed by atoms with Crippen molar-refractivity contribution in [2.24, 2.45) is 11.8 Å². The summed E-state index contributed by atoms with van der Waals surface area (Å²) in [5.41, 5.74) is 0. The Morgan fingerprint density at radius 1 is 0.909 bits per heavy atom. The van der Waals surface area contributed by atoms with Crippen molar-refractivity contribution in [2.75, 3.05) is 0 Å². The summed E-state index contributed by atoms with van der Waals surface area (Å²) in [6.07, 6.45) is 0.182. The van der Waals surface area contributed by atoms with Gasteiger partial charge in [-0.1, -0.05) is 13.8 Å². The van der Waals surface area contributed by atoms with Crippen molar-refractivity contribution in [1.82, 2.24) is 0 Å². The number of hydrogen-bond donors (Lipinski definition) is 1. The highest BCUT2D eigenvalue weighted by atomic mass is 16.5. The predicted molar refractivity (Wildman–Crippen MR) is 44.3 cm³/mol. The lowest BCUT2D eigenvalue weighted by Crippen LogP contribution is -2.46. The minimum absolute atomic E-state index is 0.191. The van der Waals surface area contributed by atoms with Crippen LogP contribution in [-0.2, 0) is 4.74 Å². The number of rotatable bonds is 0. The fraction of sp³-hybridized carbons (Fsp3) is 1.00. The summed E-state index contributed by atoms with van der Waals surface area (Å²) in [4.78, 5) is 0. The van der Waals surface area contributed by atoms with E-state index in [0.29, 0.717) is 0 Å². The van der Waals surface area contributed by atoms with Gasteiger partial charge in [0.25, 0.3) is 0 Å². The second kappa shape index (κ2) is 3.11. The van der Waals surface area contributed by atoms with Crippen LogP contribution in [0.5, 0.6) is 0 Å². The Bertz CT molecular complexity index is 122. The summed E-state index contributed by atoms with van der Waals surface area (Å²) in [5.74, 6) is 0.530. The lowest BCUT2D eigenvalue weighted by molar-refractivity contribution is -0.149. The van der Waals surface area contributed by atoms with Gasteiger partial charge in [-0.3, -0.25) is 0 Å². The van der Waals surface area contributed by atoms with Gasteiger partial charge in [0.2, 0.25) is 0 Å². The lowest BCUT2D eigenvalue weighted by atomic mass is 9.84. The molecule has 0 saturated carbocycles. The van der Waals surface area contributed by atoms with Crippen LogP contribution in [-0.4, -0.2) is 23.4 Å². The van der Waals surface area contributed by atoms with Crippen LogP contribution in [0, 0.1) is 11.8 Å². The van der Waals surface area contributed by atoms with E-state index in [1.165, 1.54) is 0 Å². The van der Waals surface area contributed by atoms with Gasteiger partial charge in [0.05, 0.1) is 18.3 Å². The third-order valence-corrected chi connectivity index (χ3v) is 2.99. The Morgan fingerprint density at radius 3 is 1.64 bits per heavy atom. The summed E-state index contributed by atoms with van der Waals surface area (Å²) in [6.45, 7) is 8.13. The van der Waals surface area contributed by atoms with E-state index in [9.17, 15) is 5.11 Å². The van der Waals surface area contributed by atoms with Crippen LogP contribution in [0.4, 0.5) is 0 Å². The molecule has 1 fully saturated rings. The fourth-order valence-electron chi connectivity index (χ4n) is 1.62. The van der Waals surface area contributed by atoms with Gasteiger partial charge in [0.15, 0.2) is 0 Å². The molecule has 1 heterocycles. The van der Waals surface area contributed by atoms with E-state index in [-0.39, 0.29) is 30.1 Å². The van der Waals surface area contributed by atoms with Crippen molar-refractivity contribution in [3.63, 3.8) is 0 Å². The molecule has 0 aromatic rings. The molecule has 0 radical (unpaired) electrons. The van der Waals surface area contributed by atoms with Crippen LogP contribution < -0.4 is 0 Å². The summed E-state index contributed by atoms with van der Waals surface area (Å²) in [7, 11) is 0. The van der Waals surface area contributed by atoms with E-state index in [1.807, 2.05) is 27.7 Å². The van der Waals surface area contributed by atoms with Gasteiger partial charge < -0.3 is 9.84 Å². The molecule has 66 valence electrons. The molecule has 0 aromatic heterocycles. The summed E-state index contributed by atoms with van der Waals surface area (Å²) < 4.78 is 5.62. The molecule has 0 bridgehead atoms. The van der Waals surface area contributed by atoms with Gasteiger partial charge in [-0.15, -0.1) is 0 Å². The maximum atomic E-state index is 9.71. The third-order valence-electron chi connectivity index (χ3n) is 2.99. The fourth-order valence-corrected chi connectivity index (χ4v) is 1.62.